The molecule has 2 atom stereocenters. The number of carbonyl (C=O) groups is 1. The molecule has 1 aromatic heterocycles. The normalized spacial score (nSPS) is 26.0. The molecule has 0 radical (unpaired) electrons. The summed E-state index contributed by atoms with van der Waals surface area (Å²) in [7, 11) is -3.61. The van der Waals surface area contributed by atoms with Crippen molar-refractivity contribution in [3.05, 3.63) is 52.7 Å². The molecule has 1 saturated heterocycles. The molecule has 2 aromatic rings. The Balaban J connectivity index is 1.37. The van der Waals surface area contributed by atoms with Crippen LogP contribution in [0.4, 0.5) is 10.2 Å². The van der Waals surface area contributed by atoms with E-state index in [1.54, 1.807) is 10.4 Å². The van der Waals surface area contributed by atoms with E-state index in [0.717, 1.165) is 29.1 Å². The lowest BCUT2D eigenvalue weighted by molar-refractivity contribution is -0.128. The number of Topliss-reactive ketones (excluding diaryl/α,β-unsaturated/α-hetero) is 1. The van der Waals surface area contributed by atoms with E-state index in [4.69, 9.17) is 4.98 Å². The Bertz CT molecular complexity index is 1330. The van der Waals surface area contributed by atoms with Gasteiger partial charge in [-0.15, -0.1) is 0 Å². The van der Waals surface area contributed by atoms with E-state index >= 15 is 0 Å². The molecule has 1 aliphatic heterocycles. The molecule has 0 amide bonds. The highest BCUT2D eigenvalue weighted by Gasteiger charge is 2.65. The largest absolute Gasteiger partial charge is 0.355 e. The van der Waals surface area contributed by atoms with Gasteiger partial charge in [-0.2, -0.15) is 0 Å². The molecule has 0 spiro atoms. The maximum atomic E-state index is 13.8. The molecule has 200 valence electrons. The van der Waals surface area contributed by atoms with Crippen LogP contribution in [-0.2, 0) is 21.2 Å². The third-order valence-electron chi connectivity index (χ3n) is 9.29. The Morgan fingerprint density at radius 1 is 1.11 bits per heavy atom. The molecule has 9 heteroatoms. The Labute approximate surface area is 219 Å². The third kappa shape index (κ3) is 4.58. The summed E-state index contributed by atoms with van der Waals surface area (Å²) in [6.45, 7) is 9.88. The summed E-state index contributed by atoms with van der Waals surface area (Å²) in [5.74, 6) is 1.49. The Hall–Kier alpha value is -2.39. The fourth-order valence-electron chi connectivity index (χ4n) is 6.93. The number of aryl methyl sites for hydroxylation is 2. The maximum absolute atomic E-state index is 13.8. The fraction of sp³-hybridized carbons (Fsp3) is 0.607. The molecule has 37 heavy (non-hydrogen) atoms. The minimum absolute atomic E-state index is 0.0844. The van der Waals surface area contributed by atoms with Crippen molar-refractivity contribution < 1.29 is 17.6 Å². The van der Waals surface area contributed by atoms with Gasteiger partial charge in [0.1, 0.15) is 23.2 Å². The van der Waals surface area contributed by atoms with Gasteiger partial charge in [0.15, 0.2) is 0 Å². The smallest absolute Gasteiger partial charge is 0.215 e. The van der Waals surface area contributed by atoms with Crippen LogP contribution >= 0.6 is 0 Å². The first-order valence-electron chi connectivity index (χ1n) is 13.3. The number of ketones is 1. The van der Waals surface area contributed by atoms with E-state index < -0.39 is 15.4 Å². The second-order valence-corrected chi connectivity index (χ2v) is 13.6. The molecular weight excluding hydrogens is 491 g/mol. The average Bonchev–Trinajstić information content (AvgIpc) is 3.04. The number of rotatable bonds is 6. The van der Waals surface area contributed by atoms with E-state index in [1.807, 2.05) is 19.9 Å². The summed E-state index contributed by atoms with van der Waals surface area (Å²) >= 11 is 0. The van der Waals surface area contributed by atoms with Crippen LogP contribution < -0.4 is 4.90 Å². The van der Waals surface area contributed by atoms with Crippen LogP contribution in [0.2, 0.25) is 0 Å². The molecule has 1 aromatic carbocycles. The van der Waals surface area contributed by atoms with Crippen LogP contribution in [0.25, 0.3) is 0 Å². The second-order valence-electron chi connectivity index (χ2n) is 11.6. The lowest BCUT2D eigenvalue weighted by Crippen LogP contribution is -2.47. The lowest BCUT2D eigenvalue weighted by Gasteiger charge is -2.37. The van der Waals surface area contributed by atoms with Crippen LogP contribution in [0.15, 0.2) is 24.3 Å². The summed E-state index contributed by atoms with van der Waals surface area (Å²) < 4.78 is 42.8. The van der Waals surface area contributed by atoms with Gasteiger partial charge in [-0.25, -0.2) is 27.1 Å². The van der Waals surface area contributed by atoms with Crippen LogP contribution in [0.3, 0.4) is 0 Å². The Morgan fingerprint density at radius 3 is 2.57 bits per heavy atom. The highest BCUT2D eigenvalue weighted by molar-refractivity contribution is 7.89. The molecule has 0 N–H and O–H groups in total. The number of benzene rings is 1. The van der Waals surface area contributed by atoms with Crippen LogP contribution in [0, 0.1) is 36.4 Å². The van der Waals surface area contributed by atoms with E-state index in [0.29, 0.717) is 57.7 Å². The third-order valence-corrected chi connectivity index (χ3v) is 11.3. The van der Waals surface area contributed by atoms with Crippen LogP contribution in [-0.4, -0.2) is 60.4 Å². The number of sulfonamides is 1. The minimum Gasteiger partial charge on any atom is -0.355 e. The zero-order valence-electron chi connectivity index (χ0n) is 22.3. The van der Waals surface area contributed by atoms with Gasteiger partial charge in [0.2, 0.25) is 10.0 Å². The summed E-state index contributed by atoms with van der Waals surface area (Å²) in [4.78, 5) is 24.4. The highest BCUT2D eigenvalue weighted by Crippen LogP contribution is 2.64. The number of anilines is 1. The van der Waals surface area contributed by atoms with Gasteiger partial charge in [0.25, 0.3) is 0 Å². The molecule has 2 bridgehead atoms. The quantitative estimate of drug-likeness (QED) is 0.562. The fourth-order valence-corrected chi connectivity index (χ4v) is 9.18. The highest BCUT2D eigenvalue weighted by atomic mass is 32.2. The van der Waals surface area contributed by atoms with Crippen molar-refractivity contribution >= 4 is 21.6 Å². The van der Waals surface area contributed by atoms with Gasteiger partial charge in [-0.3, -0.25) is 4.79 Å². The van der Waals surface area contributed by atoms with Gasteiger partial charge < -0.3 is 4.90 Å². The maximum Gasteiger partial charge on any atom is 0.215 e. The number of aromatic nitrogens is 2. The van der Waals surface area contributed by atoms with Gasteiger partial charge in [0, 0.05) is 55.7 Å². The molecular formula is C28H37FN4O3S. The molecule has 2 heterocycles. The van der Waals surface area contributed by atoms with Crippen molar-refractivity contribution in [3.63, 3.8) is 0 Å². The predicted octanol–water partition coefficient (Wildman–Crippen LogP) is 4.06. The zero-order valence-corrected chi connectivity index (χ0v) is 23.1. The first-order valence-corrected chi connectivity index (χ1v) is 14.9. The van der Waals surface area contributed by atoms with Crippen molar-refractivity contribution in [3.8, 4) is 0 Å². The van der Waals surface area contributed by atoms with Crippen molar-refractivity contribution in [1.82, 2.24) is 14.3 Å². The van der Waals surface area contributed by atoms with Crippen molar-refractivity contribution in [2.75, 3.05) is 36.8 Å². The van der Waals surface area contributed by atoms with Crippen molar-refractivity contribution in [1.29, 1.82) is 0 Å². The first kappa shape index (κ1) is 26.2. The van der Waals surface area contributed by atoms with Gasteiger partial charge in [-0.05, 0) is 62.1 Å². The number of nitrogens with zero attached hydrogens (tertiary/aromatic N) is 4. The summed E-state index contributed by atoms with van der Waals surface area (Å²) in [5.41, 5.74) is 1.58. The number of carbonyl (C=O) groups excluding carboxylic acids is 1. The molecule has 7 nitrogen and oxygen atoms in total. The summed E-state index contributed by atoms with van der Waals surface area (Å²) in [5, 5.41) is 0. The Morgan fingerprint density at radius 2 is 1.89 bits per heavy atom. The number of hydrogen-bond donors (Lipinski definition) is 0. The van der Waals surface area contributed by atoms with Crippen molar-refractivity contribution in [2.24, 2.45) is 16.7 Å². The molecule has 2 unspecified atom stereocenters. The topological polar surface area (TPSA) is 83.5 Å². The minimum atomic E-state index is -3.61. The van der Waals surface area contributed by atoms with Crippen molar-refractivity contribution in [2.45, 2.75) is 59.8 Å². The molecule has 2 aliphatic carbocycles. The predicted molar refractivity (Wildman–Crippen MR) is 141 cm³/mol. The summed E-state index contributed by atoms with van der Waals surface area (Å²) in [6.07, 6.45) is 3.28. The van der Waals surface area contributed by atoms with Gasteiger partial charge in [0.05, 0.1) is 5.75 Å². The van der Waals surface area contributed by atoms with Crippen LogP contribution in [0.5, 0.6) is 0 Å². The number of fused-ring (bicyclic) bond motifs is 2. The van der Waals surface area contributed by atoms with E-state index in [-0.39, 0.29) is 28.7 Å². The first-order chi connectivity index (χ1) is 17.4. The van der Waals surface area contributed by atoms with E-state index in [2.05, 4.69) is 23.7 Å². The second kappa shape index (κ2) is 9.42. The monoisotopic (exact) mass is 528 g/mol. The van der Waals surface area contributed by atoms with Gasteiger partial charge >= 0.3 is 0 Å². The lowest BCUT2D eigenvalue weighted by atomic mass is 9.70. The van der Waals surface area contributed by atoms with Crippen LogP contribution in [0.1, 0.15) is 62.2 Å². The summed E-state index contributed by atoms with van der Waals surface area (Å²) in [6, 6.07) is 6.55. The zero-order chi connectivity index (χ0) is 26.6. The molecule has 2 saturated carbocycles. The van der Waals surface area contributed by atoms with E-state index in [1.165, 1.54) is 12.1 Å². The molecule has 3 aliphatic rings. The van der Waals surface area contributed by atoms with E-state index in [9.17, 15) is 17.6 Å². The SMILES string of the molecule is Cc1nc(C)c(Cc2cccc(F)c2)c(N2CCCN(S(=O)(=O)CC34CCC(CC3=O)C4(C)C)CC2)n1. The standard InChI is InChI=1S/C28H37FN4O3S/c1-19-24(16-21-7-5-8-23(29)15-21)26(31-20(2)30-19)32-11-6-12-33(14-13-32)37(35,36)18-28-10-9-22(17-25(28)34)27(28,3)4/h5,7-8,15,22H,6,9-14,16-18H2,1-4H3. The average molecular weight is 529 g/mol. The van der Waals surface area contributed by atoms with Gasteiger partial charge in [-0.1, -0.05) is 26.0 Å². The Kier molecular flexibility index (Phi) is 6.67. The molecule has 5 rings (SSSR count). The number of halogens is 1. The number of hydrogen-bond acceptors (Lipinski definition) is 6. The molecule has 3 fully saturated rings.